The number of anilines is 2. The minimum Gasteiger partial charge on any atom is -0.375 e. The molecule has 1 aromatic rings. The highest BCUT2D eigenvalue weighted by Crippen LogP contribution is 2.17. The molecule has 5 nitrogen and oxygen atoms in total. The minimum atomic E-state index is 0.320. The average molecular weight is 250 g/mol. The fourth-order valence-electron chi connectivity index (χ4n) is 2.02. The van der Waals surface area contributed by atoms with E-state index < -0.39 is 0 Å². The van der Waals surface area contributed by atoms with Gasteiger partial charge in [0.2, 0.25) is 5.95 Å². The molecule has 1 aliphatic rings. The van der Waals surface area contributed by atoms with Crippen molar-refractivity contribution < 1.29 is 4.74 Å². The molecule has 2 heterocycles. The monoisotopic (exact) mass is 250 g/mol. The van der Waals surface area contributed by atoms with E-state index in [1.54, 1.807) is 0 Å². The second kappa shape index (κ2) is 6.54. The van der Waals surface area contributed by atoms with Crippen molar-refractivity contribution in [2.24, 2.45) is 0 Å². The van der Waals surface area contributed by atoms with Crippen LogP contribution in [-0.2, 0) is 4.74 Å². The fourth-order valence-corrected chi connectivity index (χ4v) is 2.02. The van der Waals surface area contributed by atoms with Gasteiger partial charge in [0.1, 0.15) is 5.82 Å². The minimum absolute atomic E-state index is 0.320. The van der Waals surface area contributed by atoms with Crippen LogP contribution in [0.15, 0.2) is 12.3 Å². The van der Waals surface area contributed by atoms with Crippen LogP contribution in [-0.4, -0.2) is 42.3 Å². The van der Waals surface area contributed by atoms with E-state index in [1.807, 2.05) is 12.3 Å². The number of ether oxygens (including phenoxy) is 1. The van der Waals surface area contributed by atoms with E-state index >= 15 is 0 Å². The van der Waals surface area contributed by atoms with Crippen LogP contribution in [0.3, 0.4) is 0 Å². The highest BCUT2D eigenvalue weighted by molar-refractivity contribution is 5.42. The molecule has 1 N–H and O–H groups in total. The predicted molar refractivity (Wildman–Crippen MR) is 73.1 cm³/mol. The summed E-state index contributed by atoms with van der Waals surface area (Å²) in [7, 11) is 0. The Hall–Kier alpha value is -1.36. The largest absolute Gasteiger partial charge is 0.375 e. The maximum Gasteiger partial charge on any atom is 0.224 e. The summed E-state index contributed by atoms with van der Waals surface area (Å²) in [5, 5.41) is 3.22. The van der Waals surface area contributed by atoms with Crippen LogP contribution >= 0.6 is 0 Å². The zero-order valence-corrected chi connectivity index (χ0v) is 11.2. The Bertz CT molecular complexity index is 372. The summed E-state index contributed by atoms with van der Waals surface area (Å²) in [6.07, 6.45) is 4.25. The Morgan fingerprint density at radius 1 is 1.50 bits per heavy atom. The van der Waals surface area contributed by atoms with Gasteiger partial charge in [0.25, 0.3) is 0 Å². The summed E-state index contributed by atoms with van der Waals surface area (Å²) in [6.45, 7) is 7.79. The average Bonchev–Trinajstić information content (AvgIpc) is 2.45. The lowest BCUT2D eigenvalue weighted by Gasteiger charge is -2.33. The number of nitrogens with one attached hydrogen (secondary N) is 1. The van der Waals surface area contributed by atoms with Gasteiger partial charge in [-0.05, 0) is 18.9 Å². The molecule has 0 saturated carbocycles. The zero-order chi connectivity index (χ0) is 12.8. The first-order valence-corrected chi connectivity index (χ1v) is 6.77. The smallest absolute Gasteiger partial charge is 0.224 e. The number of aromatic nitrogens is 2. The zero-order valence-electron chi connectivity index (χ0n) is 11.2. The lowest BCUT2D eigenvalue weighted by molar-refractivity contribution is 0.0381. The van der Waals surface area contributed by atoms with Crippen molar-refractivity contribution >= 4 is 11.8 Å². The van der Waals surface area contributed by atoms with Crippen LogP contribution in [0.2, 0.25) is 0 Å². The van der Waals surface area contributed by atoms with Crippen molar-refractivity contribution in [3.8, 4) is 0 Å². The third-order valence-corrected chi connectivity index (χ3v) is 3.09. The lowest BCUT2D eigenvalue weighted by Crippen LogP contribution is -2.42. The molecule has 0 aliphatic carbocycles. The number of hydrogen-bond donors (Lipinski definition) is 1. The summed E-state index contributed by atoms with van der Waals surface area (Å²) >= 11 is 0. The van der Waals surface area contributed by atoms with Gasteiger partial charge in [-0.15, -0.1) is 0 Å². The van der Waals surface area contributed by atoms with Crippen molar-refractivity contribution in [2.75, 3.05) is 36.5 Å². The van der Waals surface area contributed by atoms with E-state index in [1.165, 1.54) is 0 Å². The van der Waals surface area contributed by atoms with Gasteiger partial charge in [-0.25, -0.2) is 4.98 Å². The van der Waals surface area contributed by atoms with Crippen molar-refractivity contribution in [1.82, 2.24) is 9.97 Å². The van der Waals surface area contributed by atoms with Crippen LogP contribution < -0.4 is 10.2 Å². The molecule has 100 valence electrons. The van der Waals surface area contributed by atoms with Crippen molar-refractivity contribution in [2.45, 2.75) is 32.8 Å². The molecule has 1 unspecified atom stereocenters. The van der Waals surface area contributed by atoms with Crippen molar-refractivity contribution in [1.29, 1.82) is 0 Å². The molecule has 0 aromatic carbocycles. The molecular weight excluding hydrogens is 228 g/mol. The van der Waals surface area contributed by atoms with Gasteiger partial charge in [0.15, 0.2) is 0 Å². The van der Waals surface area contributed by atoms with E-state index in [-0.39, 0.29) is 0 Å². The van der Waals surface area contributed by atoms with Gasteiger partial charge in [-0.1, -0.05) is 13.8 Å². The van der Waals surface area contributed by atoms with E-state index in [9.17, 15) is 0 Å². The third kappa shape index (κ3) is 3.32. The molecule has 18 heavy (non-hydrogen) atoms. The van der Waals surface area contributed by atoms with Crippen LogP contribution in [0.4, 0.5) is 11.8 Å². The molecule has 5 heteroatoms. The summed E-state index contributed by atoms with van der Waals surface area (Å²) in [5.74, 6) is 1.71. The first-order chi connectivity index (χ1) is 8.83. The van der Waals surface area contributed by atoms with Gasteiger partial charge >= 0.3 is 0 Å². The molecule has 1 atom stereocenters. The van der Waals surface area contributed by atoms with Crippen LogP contribution in [0.5, 0.6) is 0 Å². The molecule has 0 amide bonds. The third-order valence-electron chi connectivity index (χ3n) is 3.09. The van der Waals surface area contributed by atoms with E-state index in [0.717, 1.165) is 44.9 Å². The van der Waals surface area contributed by atoms with Gasteiger partial charge in [-0.2, -0.15) is 4.98 Å². The van der Waals surface area contributed by atoms with Crippen molar-refractivity contribution in [3.05, 3.63) is 12.3 Å². The van der Waals surface area contributed by atoms with Gasteiger partial charge in [-0.3, -0.25) is 0 Å². The Labute approximate surface area is 109 Å². The Morgan fingerprint density at radius 2 is 2.39 bits per heavy atom. The molecule has 1 saturated heterocycles. The van der Waals surface area contributed by atoms with Gasteiger partial charge in [0, 0.05) is 25.8 Å². The van der Waals surface area contributed by atoms with E-state index in [0.29, 0.717) is 12.1 Å². The molecule has 1 aliphatic heterocycles. The summed E-state index contributed by atoms with van der Waals surface area (Å²) in [6, 6.07) is 1.97. The number of hydrogen-bond acceptors (Lipinski definition) is 5. The number of rotatable bonds is 5. The maximum atomic E-state index is 5.67. The lowest BCUT2D eigenvalue weighted by atomic mass is 10.2. The second-order valence-electron chi connectivity index (χ2n) is 4.51. The first kappa shape index (κ1) is 13.1. The summed E-state index contributed by atoms with van der Waals surface area (Å²) in [4.78, 5) is 11.1. The van der Waals surface area contributed by atoms with Crippen LogP contribution in [0, 0.1) is 0 Å². The normalized spacial score (nSPS) is 19.9. The summed E-state index contributed by atoms with van der Waals surface area (Å²) in [5.41, 5.74) is 0. The fraction of sp³-hybridized carbons (Fsp3) is 0.692. The maximum absolute atomic E-state index is 5.67. The Kier molecular flexibility index (Phi) is 4.75. The second-order valence-corrected chi connectivity index (χ2v) is 4.51. The highest BCUT2D eigenvalue weighted by Gasteiger charge is 2.20. The van der Waals surface area contributed by atoms with Crippen LogP contribution in [0.1, 0.15) is 26.7 Å². The molecule has 0 bridgehead atoms. The molecule has 2 rings (SSSR count). The van der Waals surface area contributed by atoms with Gasteiger partial charge in [0.05, 0.1) is 12.7 Å². The van der Waals surface area contributed by atoms with E-state index in [2.05, 4.69) is 34.0 Å². The van der Waals surface area contributed by atoms with E-state index in [4.69, 9.17) is 4.74 Å². The molecule has 0 radical (unpaired) electrons. The first-order valence-electron chi connectivity index (χ1n) is 6.77. The van der Waals surface area contributed by atoms with Crippen LogP contribution in [0.25, 0.3) is 0 Å². The quantitative estimate of drug-likeness (QED) is 0.865. The standard InChI is InChI=1S/C13H22N4O/c1-3-6-14-13-15-7-5-12(16-13)17-8-9-18-11(4-2)10-17/h5,7,11H,3-4,6,8-10H2,1-2H3,(H,14,15,16). The van der Waals surface area contributed by atoms with Crippen molar-refractivity contribution in [3.63, 3.8) is 0 Å². The molecule has 1 aromatic heterocycles. The molecule has 0 spiro atoms. The molecular formula is C13H22N4O. The Balaban J connectivity index is 2.02. The predicted octanol–water partition coefficient (Wildman–Crippen LogP) is 1.91. The van der Waals surface area contributed by atoms with Gasteiger partial charge < -0.3 is 15.0 Å². The molecule has 1 fully saturated rings. The summed E-state index contributed by atoms with van der Waals surface area (Å²) < 4.78 is 5.67. The highest BCUT2D eigenvalue weighted by atomic mass is 16.5. The SMILES string of the molecule is CCCNc1nccc(N2CCOC(CC)C2)n1. The number of nitrogens with zero attached hydrogens (tertiary/aromatic N) is 3. The number of morpholine rings is 1. The topological polar surface area (TPSA) is 50.3 Å². The Morgan fingerprint density at radius 3 is 3.17 bits per heavy atom.